The summed E-state index contributed by atoms with van der Waals surface area (Å²) in [5.74, 6) is 0.388. The van der Waals surface area contributed by atoms with Crippen molar-refractivity contribution in [3.05, 3.63) is 11.8 Å². The Balaban J connectivity index is 3.57. The van der Waals surface area contributed by atoms with Gasteiger partial charge in [0, 0.05) is 6.42 Å². The van der Waals surface area contributed by atoms with Gasteiger partial charge in [0.15, 0.2) is 5.76 Å². The molecule has 0 fully saturated rings. The van der Waals surface area contributed by atoms with Gasteiger partial charge in [-0.1, -0.05) is 0 Å². The molecule has 0 unspecified atom stereocenters. The molecule has 0 aromatic heterocycles. The second-order valence-corrected chi connectivity index (χ2v) is 2.52. The highest BCUT2D eigenvalue weighted by molar-refractivity contribution is 5.12. The number of nitriles is 2. The molecule has 70 valence electrons. The zero-order valence-electron chi connectivity index (χ0n) is 7.92. The number of hydrogen-bond donors (Lipinski definition) is 0. The summed E-state index contributed by atoms with van der Waals surface area (Å²) >= 11 is 0. The van der Waals surface area contributed by atoms with Crippen LogP contribution in [0.3, 0.4) is 0 Å². The van der Waals surface area contributed by atoms with E-state index in [4.69, 9.17) is 15.3 Å². The van der Waals surface area contributed by atoms with E-state index in [-0.39, 0.29) is 0 Å². The van der Waals surface area contributed by atoms with E-state index >= 15 is 0 Å². The molecule has 0 saturated heterocycles. The van der Waals surface area contributed by atoms with Gasteiger partial charge in [-0.15, -0.1) is 0 Å². The molecular formula is C10H14N2O. The molecule has 0 aliphatic carbocycles. The van der Waals surface area contributed by atoms with Gasteiger partial charge in [-0.2, -0.15) is 10.5 Å². The van der Waals surface area contributed by atoms with Crippen LogP contribution < -0.4 is 0 Å². The summed E-state index contributed by atoms with van der Waals surface area (Å²) in [4.78, 5) is 0. The molecule has 13 heavy (non-hydrogen) atoms. The van der Waals surface area contributed by atoms with Gasteiger partial charge < -0.3 is 4.74 Å². The van der Waals surface area contributed by atoms with Crippen molar-refractivity contribution in [2.45, 2.75) is 32.6 Å². The van der Waals surface area contributed by atoms with E-state index in [1.807, 2.05) is 13.0 Å². The van der Waals surface area contributed by atoms with Crippen LogP contribution in [0.4, 0.5) is 0 Å². The molecule has 0 aromatic carbocycles. The van der Waals surface area contributed by atoms with E-state index in [9.17, 15) is 0 Å². The van der Waals surface area contributed by atoms with Crippen LogP contribution in [0.5, 0.6) is 0 Å². The van der Waals surface area contributed by atoms with Gasteiger partial charge >= 0.3 is 0 Å². The van der Waals surface area contributed by atoms with Gasteiger partial charge in [0.05, 0.1) is 12.7 Å². The second kappa shape index (κ2) is 8.62. The minimum absolute atomic E-state index is 0.388. The van der Waals surface area contributed by atoms with Crippen LogP contribution in [0.2, 0.25) is 0 Å². The van der Waals surface area contributed by atoms with Crippen LogP contribution in [0.1, 0.15) is 32.6 Å². The van der Waals surface area contributed by atoms with E-state index in [0.717, 1.165) is 19.3 Å². The molecule has 0 atom stereocenters. The molecule has 0 rings (SSSR count). The first-order valence-electron chi connectivity index (χ1n) is 4.45. The van der Waals surface area contributed by atoms with Crippen LogP contribution in [0, 0.1) is 22.7 Å². The van der Waals surface area contributed by atoms with Gasteiger partial charge in [-0.25, -0.2) is 0 Å². The molecular weight excluding hydrogens is 164 g/mol. The summed E-state index contributed by atoms with van der Waals surface area (Å²) in [6, 6.07) is 4.05. The molecule has 0 bridgehead atoms. The average molecular weight is 178 g/mol. The Morgan fingerprint density at radius 2 is 2.15 bits per heavy atom. The zero-order valence-corrected chi connectivity index (χ0v) is 7.92. The largest absolute Gasteiger partial charge is 0.484 e. The van der Waals surface area contributed by atoms with Gasteiger partial charge in [0.25, 0.3) is 0 Å². The number of unbranched alkanes of at least 4 members (excludes halogenated alkanes) is 3. The topological polar surface area (TPSA) is 56.8 Å². The molecule has 3 nitrogen and oxygen atoms in total. The highest BCUT2D eigenvalue weighted by Crippen LogP contribution is 2.03. The lowest BCUT2D eigenvalue weighted by molar-refractivity contribution is 0.244. The van der Waals surface area contributed by atoms with Gasteiger partial charge in [-0.05, 0) is 32.3 Å². The standard InChI is InChI=1S/C10H14N2O/c1-2-13-10(9-12)7-5-3-4-6-8-11/h7H,2-6H2,1H3/b10-7+. The predicted molar refractivity (Wildman–Crippen MR) is 49.4 cm³/mol. The van der Waals surface area contributed by atoms with Crippen molar-refractivity contribution in [1.29, 1.82) is 10.5 Å². The Morgan fingerprint density at radius 3 is 2.69 bits per heavy atom. The smallest absolute Gasteiger partial charge is 0.192 e. The maximum atomic E-state index is 8.56. The van der Waals surface area contributed by atoms with Gasteiger partial charge in [0.1, 0.15) is 6.07 Å². The minimum Gasteiger partial charge on any atom is -0.484 e. The van der Waals surface area contributed by atoms with Crippen molar-refractivity contribution in [3.63, 3.8) is 0 Å². The summed E-state index contributed by atoms with van der Waals surface area (Å²) in [7, 11) is 0. The first kappa shape index (κ1) is 11.5. The average Bonchev–Trinajstić information content (AvgIpc) is 2.16. The molecule has 0 aliphatic rings. The molecule has 0 N–H and O–H groups in total. The SMILES string of the molecule is CCO/C(C#N)=C/CCCCC#N. The fourth-order valence-corrected chi connectivity index (χ4v) is 0.874. The summed E-state index contributed by atoms with van der Waals surface area (Å²) < 4.78 is 5.03. The maximum Gasteiger partial charge on any atom is 0.192 e. The highest BCUT2D eigenvalue weighted by Gasteiger charge is 1.92. The van der Waals surface area contributed by atoms with Crippen molar-refractivity contribution >= 4 is 0 Å². The van der Waals surface area contributed by atoms with Crippen molar-refractivity contribution in [1.82, 2.24) is 0 Å². The third kappa shape index (κ3) is 6.90. The monoisotopic (exact) mass is 178 g/mol. The lowest BCUT2D eigenvalue weighted by Gasteiger charge is -1.98. The normalized spacial score (nSPS) is 10.2. The van der Waals surface area contributed by atoms with Gasteiger partial charge in [-0.3, -0.25) is 0 Å². The minimum atomic E-state index is 0.388. The first-order chi connectivity index (χ1) is 6.35. The second-order valence-electron chi connectivity index (χ2n) is 2.52. The summed E-state index contributed by atoms with van der Waals surface area (Å²) in [5.41, 5.74) is 0. The van der Waals surface area contributed by atoms with E-state index in [1.54, 1.807) is 6.08 Å². The van der Waals surface area contributed by atoms with Crippen molar-refractivity contribution < 1.29 is 4.74 Å². The number of nitrogens with zero attached hydrogens (tertiary/aromatic N) is 2. The lowest BCUT2D eigenvalue weighted by Crippen LogP contribution is -1.88. The third-order valence-electron chi connectivity index (χ3n) is 1.48. The molecule has 0 heterocycles. The molecule has 3 heteroatoms. The van der Waals surface area contributed by atoms with Crippen LogP contribution in [-0.4, -0.2) is 6.61 Å². The van der Waals surface area contributed by atoms with Crippen LogP contribution in [0.25, 0.3) is 0 Å². The van der Waals surface area contributed by atoms with E-state index < -0.39 is 0 Å². The van der Waals surface area contributed by atoms with E-state index in [1.165, 1.54) is 0 Å². The fourth-order valence-electron chi connectivity index (χ4n) is 0.874. The number of ether oxygens (including phenoxy) is 1. The number of rotatable bonds is 6. The Labute approximate surface area is 79.2 Å². The van der Waals surface area contributed by atoms with E-state index in [2.05, 4.69) is 6.07 Å². The molecule has 0 saturated carbocycles. The van der Waals surface area contributed by atoms with E-state index in [0.29, 0.717) is 18.8 Å². The zero-order chi connectivity index (χ0) is 9.94. The molecule has 0 amide bonds. The third-order valence-corrected chi connectivity index (χ3v) is 1.48. The van der Waals surface area contributed by atoms with Crippen LogP contribution >= 0.6 is 0 Å². The van der Waals surface area contributed by atoms with Crippen LogP contribution in [0.15, 0.2) is 11.8 Å². The summed E-state index contributed by atoms with van der Waals surface area (Å²) in [6.07, 6.45) is 5.00. The Bertz CT molecular complexity index is 232. The van der Waals surface area contributed by atoms with Crippen molar-refractivity contribution in [2.75, 3.05) is 6.61 Å². The summed E-state index contributed by atoms with van der Waals surface area (Å²) in [6.45, 7) is 2.37. The van der Waals surface area contributed by atoms with Gasteiger partial charge in [0.2, 0.25) is 0 Å². The molecule has 0 aliphatic heterocycles. The highest BCUT2D eigenvalue weighted by atomic mass is 16.5. The molecule has 0 spiro atoms. The first-order valence-corrected chi connectivity index (χ1v) is 4.45. The Morgan fingerprint density at radius 1 is 1.38 bits per heavy atom. The van der Waals surface area contributed by atoms with Crippen molar-refractivity contribution in [3.8, 4) is 12.1 Å². The maximum absolute atomic E-state index is 8.56. The fraction of sp³-hybridized carbons (Fsp3) is 0.600. The Hall–Kier alpha value is -1.48. The summed E-state index contributed by atoms with van der Waals surface area (Å²) in [5, 5.41) is 16.8. The van der Waals surface area contributed by atoms with Crippen LogP contribution in [-0.2, 0) is 4.74 Å². The quantitative estimate of drug-likeness (QED) is 0.356. The molecule has 0 radical (unpaired) electrons. The predicted octanol–water partition coefficient (Wildman–Crippen LogP) is 2.51. The molecule has 0 aromatic rings. The number of hydrogen-bond acceptors (Lipinski definition) is 3. The lowest BCUT2D eigenvalue weighted by atomic mass is 10.2. The number of allylic oxidation sites excluding steroid dienone is 2. The van der Waals surface area contributed by atoms with Crippen molar-refractivity contribution in [2.24, 2.45) is 0 Å². The Kier molecular flexibility index (Phi) is 7.63.